The Balaban J connectivity index is 2.54. The molecule has 3 nitrogen and oxygen atoms in total. The highest BCUT2D eigenvalue weighted by Crippen LogP contribution is 2.20. The predicted octanol–water partition coefficient (Wildman–Crippen LogP) is 2.85. The van der Waals surface area contributed by atoms with Gasteiger partial charge in [0.05, 0.1) is 7.11 Å². The van der Waals surface area contributed by atoms with Crippen molar-refractivity contribution in [3.05, 3.63) is 24.3 Å². The van der Waals surface area contributed by atoms with E-state index < -0.39 is 0 Å². The molecule has 0 bridgehead atoms. The number of rotatable bonds is 7. The molecule has 17 heavy (non-hydrogen) atoms. The van der Waals surface area contributed by atoms with Gasteiger partial charge in [0.25, 0.3) is 0 Å². The van der Waals surface area contributed by atoms with Crippen LogP contribution in [-0.4, -0.2) is 25.8 Å². The molecule has 0 radical (unpaired) electrons. The summed E-state index contributed by atoms with van der Waals surface area (Å²) in [6, 6.07) is 8.22. The monoisotopic (exact) mass is 237 g/mol. The fourth-order valence-electron chi connectivity index (χ4n) is 1.50. The largest absolute Gasteiger partial charge is 0.497 e. The molecule has 1 unspecified atom stereocenters. The molecule has 0 fully saturated rings. The normalized spacial score (nSPS) is 12.5. The third kappa shape index (κ3) is 5.09. The third-order valence-corrected chi connectivity index (χ3v) is 2.55. The van der Waals surface area contributed by atoms with Crippen molar-refractivity contribution in [3.63, 3.8) is 0 Å². The quantitative estimate of drug-likeness (QED) is 0.791. The van der Waals surface area contributed by atoms with Crippen LogP contribution in [0.25, 0.3) is 0 Å². The first-order valence-electron chi connectivity index (χ1n) is 6.19. The van der Waals surface area contributed by atoms with E-state index in [4.69, 9.17) is 9.47 Å². The smallest absolute Gasteiger partial charge is 0.123 e. The molecule has 1 aromatic carbocycles. The third-order valence-electron chi connectivity index (χ3n) is 2.55. The van der Waals surface area contributed by atoms with Crippen molar-refractivity contribution in [2.24, 2.45) is 0 Å². The summed E-state index contributed by atoms with van der Waals surface area (Å²) in [6.45, 7) is 7.27. The molecule has 3 heteroatoms. The maximum Gasteiger partial charge on any atom is 0.123 e. The fourth-order valence-corrected chi connectivity index (χ4v) is 1.50. The second kappa shape index (κ2) is 7.17. The molecular formula is C14H23NO2. The lowest BCUT2D eigenvalue weighted by molar-refractivity contribution is 0.189. The molecule has 96 valence electrons. The van der Waals surface area contributed by atoms with Gasteiger partial charge in [0.2, 0.25) is 0 Å². The first-order chi connectivity index (χ1) is 8.15. The van der Waals surface area contributed by atoms with E-state index in [1.165, 1.54) is 0 Å². The van der Waals surface area contributed by atoms with Crippen LogP contribution < -0.4 is 14.8 Å². The number of nitrogens with one attached hydrogen (secondary N) is 1. The van der Waals surface area contributed by atoms with Crippen molar-refractivity contribution in [2.45, 2.75) is 39.3 Å². The molecule has 1 N–H and O–H groups in total. The Labute approximate surface area is 104 Å². The van der Waals surface area contributed by atoms with Crippen LogP contribution in [-0.2, 0) is 0 Å². The SMILES string of the molecule is CCC(CNC(C)C)Oc1cccc(OC)c1. The molecule has 1 rings (SSSR count). The van der Waals surface area contributed by atoms with Crippen LogP contribution in [0.2, 0.25) is 0 Å². The van der Waals surface area contributed by atoms with Crippen molar-refractivity contribution < 1.29 is 9.47 Å². The molecule has 0 spiro atoms. The van der Waals surface area contributed by atoms with Gasteiger partial charge in [-0.25, -0.2) is 0 Å². The Kier molecular flexibility index (Phi) is 5.84. The van der Waals surface area contributed by atoms with Crippen LogP contribution in [0.4, 0.5) is 0 Å². The van der Waals surface area contributed by atoms with Crippen LogP contribution in [0.5, 0.6) is 11.5 Å². The summed E-state index contributed by atoms with van der Waals surface area (Å²) in [4.78, 5) is 0. The number of hydrogen-bond donors (Lipinski definition) is 1. The number of ether oxygens (including phenoxy) is 2. The highest BCUT2D eigenvalue weighted by atomic mass is 16.5. The van der Waals surface area contributed by atoms with Crippen LogP contribution in [0.3, 0.4) is 0 Å². The zero-order chi connectivity index (χ0) is 12.7. The standard InChI is InChI=1S/C14H23NO2/c1-5-12(10-15-11(2)3)17-14-8-6-7-13(9-14)16-4/h6-9,11-12,15H,5,10H2,1-4H3. The van der Waals surface area contributed by atoms with E-state index in [1.807, 2.05) is 24.3 Å². The fraction of sp³-hybridized carbons (Fsp3) is 0.571. The van der Waals surface area contributed by atoms with Gasteiger partial charge in [0.1, 0.15) is 17.6 Å². The van der Waals surface area contributed by atoms with Gasteiger partial charge in [-0.1, -0.05) is 26.8 Å². The van der Waals surface area contributed by atoms with Gasteiger partial charge in [0.15, 0.2) is 0 Å². The van der Waals surface area contributed by atoms with Crippen molar-refractivity contribution in [3.8, 4) is 11.5 Å². The van der Waals surface area contributed by atoms with Crippen molar-refractivity contribution >= 4 is 0 Å². The van der Waals surface area contributed by atoms with Crippen LogP contribution >= 0.6 is 0 Å². The first-order valence-corrected chi connectivity index (χ1v) is 6.19. The maximum atomic E-state index is 5.91. The van der Waals surface area contributed by atoms with Gasteiger partial charge in [-0.15, -0.1) is 0 Å². The highest BCUT2D eigenvalue weighted by Gasteiger charge is 2.09. The molecule has 0 aliphatic heterocycles. The van der Waals surface area contributed by atoms with Gasteiger partial charge < -0.3 is 14.8 Å². The van der Waals surface area contributed by atoms with Crippen molar-refractivity contribution in [1.29, 1.82) is 0 Å². The second-order valence-corrected chi connectivity index (χ2v) is 4.39. The van der Waals surface area contributed by atoms with Crippen LogP contribution in [0.15, 0.2) is 24.3 Å². The molecular weight excluding hydrogens is 214 g/mol. The molecule has 0 amide bonds. The van der Waals surface area contributed by atoms with Gasteiger partial charge >= 0.3 is 0 Å². The summed E-state index contributed by atoms with van der Waals surface area (Å²) >= 11 is 0. The molecule has 0 heterocycles. The first kappa shape index (κ1) is 13.8. The molecule has 0 saturated carbocycles. The lowest BCUT2D eigenvalue weighted by Gasteiger charge is -2.19. The maximum absolute atomic E-state index is 5.91. The van der Waals surface area contributed by atoms with Gasteiger partial charge in [0, 0.05) is 18.7 Å². The van der Waals surface area contributed by atoms with E-state index >= 15 is 0 Å². The number of hydrogen-bond acceptors (Lipinski definition) is 3. The Morgan fingerprint density at radius 3 is 2.53 bits per heavy atom. The Bertz CT molecular complexity index is 326. The predicted molar refractivity (Wildman–Crippen MR) is 70.8 cm³/mol. The minimum atomic E-state index is 0.199. The van der Waals surface area contributed by atoms with E-state index in [2.05, 4.69) is 26.1 Å². The van der Waals surface area contributed by atoms with E-state index in [9.17, 15) is 0 Å². The van der Waals surface area contributed by atoms with E-state index in [0.717, 1.165) is 24.5 Å². The van der Waals surface area contributed by atoms with Crippen molar-refractivity contribution in [2.75, 3.05) is 13.7 Å². The minimum Gasteiger partial charge on any atom is -0.497 e. The Morgan fingerprint density at radius 2 is 1.94 bits per heavy atom. The van der Waals surface area contributed by atoms with E-state index in [-0.39, 0.29) is 6.10 Å². The molecule has 0 saturated heterocycles. The number of benzene rings is 1. The average molecular weight is 237 g/mol. The summed E-state index contributed by atoms with van der Waals surface area (Å²) in [5, 5.41) is 3.39. The van der Waals surface area contributed by atoms with Crippen LogP contribution in [0, 0.1) is 0 Å². The summed E-state index contributed by atoms with van der Waals surface area (Å²) in [6.07, 6.45) is 1.18. The zero-order valence-corrected chi connectivity index (χ0v) is 11.2. The summed E-state index contributed by atoms with van der Waals surface area (Å²) in [5.41, 5.74) is 0. The highest BCUT2D eigenvalue weighted by molar-refractivity contribution is 5.32. The topological polar surface area (TPSA) is 30.5 Å². The lowest BCUT2D eigenvalue weighted by atomic mass is 10.2. The van der Waals surface area contributed by atoms with Gasteiger partial charge in [-0.05, 0) is 18.6 Å². The van der Waals surface area contributed by atoms with Gasteiger partial charge in [-0.2, -0.15) is 0 Å². The zero-order valence-electron chi connectivity index (χ0n) is 11.2. The Morgan fingerprint density at radius 1 is 1.24 bits per heavy atom. The van der Waals surface area contributed by atoms with E-state index in [1.54, 1.807) is 7.11 Å². The second-order valence-electron chi connectivity index (χ2n) is 4.39. The Hall–Kier alpha value is -1.22. The molecule has 1 aromatic rings. The average Bonchev–Trinajstić information content (AvgIpc) is 2.34. The minimum absolute atomic E-state index is 0.199. The lowest BCUT2D eigenvalue weighted by Crippen LogP contribution is -2.34. The molecule has 0 aliphatic carbocycles. The van der Waals surface area contributed by atoms with Crippen LogP contribution in [0.1, 0.15) is 27.2 Å². The summed E-state index contributed by atoms with van der Waals surface area (Å²) in [5.74, 6) is 1.69. The molecule has 0 aliphatic rings. The number of methoxy groups -OCH3 is 1. The van der Waals surface area contributed by atoms with E-state index in [0.29, 0.717) is 6.04 Å². The molecule has 0 aromatic heterocycles. The van der Waals surface area contributed by atoms with Gasteiger partial charge in [-0.3, -0.25) is 0 Å². The van der Waals surface area contributed by atoms with Crippen molar-refractivity contribution in [1.82, 2.24) is 5.32 Å². The summed E-state index contributed by atoms with van der Waals surface area (Å²) < 4.78 is 11.1. The molecule has 1 atom stereocenters. The summed E-state index contributed by atoms with van der Waals surface area (Å²) in [7, 11) is 1.66.